The fraction of sp³-hybridized carbons (Fsp3) is 0.615. The minimum Gasteiger partial charge on any atom is -0.335 e. The maximum absolute atomic E-state index is 11.9. The largest absolute Gasteiger partial charge is 0.335 e. The molecule has 4 nitrogen and oxygen atoms in total. The normalized spacial score (nSPS) is 20.6. The molecule has 1 saturated heterocycles. The molecule has 19 heavy (non-hydrogen) atoms. The molecule has 0 spiro atoms. The van der Waals surface area contributed by atoms with Gasteiger partial charge in [-0.25, -0.2) is 4.79 Å². The number of rotatable bonds is 3. The zero-order valence-corrected chi connectivity index (χ0v) is 13.2. The summed E-state index contributed by atoms with van der Waals surface area (Å²) in [5, 5.41) is 3.06. The van der Waals surface area contributed by atoms with Crippen LogP contribution in [0.3, 0.4) is 0 Å². The molecular formula is C13H18BrN3OS. The molecule has 6 heteroatoms. The summed E-state index contributed by atoms with van der Waals surface area (Å²) in [6.45, 7) is 4.60. The first-order chi connectivity index (χ1) is 9.20. The molecule has 0 unspecified atom stereocenters. The smallest absolute Gasteiger partial charge is 0.317 e. The van der Waals surface area contributed by atoms with Crippen molar-refractivity contribution in [1.29, 1.82) is 0 Å². The van der Waals surface area contributed by atoms with Crippen LogP contribution >= 0.6 is 27.3 Å². The van der Waals surface area contributed by atoms with Crippen LogP contribution in [0.5, 0.6) is 0 Å². The van der Waals surface area contributed by atoms with E-state index >= 15 is 0 Å². The molecule has 2 fully saturated rings. The summed E-state index contributed by atoms with van der Waals surface area (Å²) in [5.74, 6) is 0. The second-order valence-electron chi connectivity index (χ2n) is 5.19. The minimum atomic E-state index is 0.126. The van der Waals surface area contributed by atoms with E-state index in [9.17, 15) is 4.79 Å². The quantitative estimate of drug-likeness (QED) is 0.915. The first kappa shape index (κ1) is 13.4. The van der Waals surface area contributed by atoms with E-state index in [0.717, 1.165) is 45.6 Å². The Morgan fingerprint density at radius 3 is 2.63 bits per heavy atom. The third-order valence-corrected chi connectivity index (χ3v) is 5.18. The van der Waals surface area contributed by atoms with Crippen molar-refractivity contribution in [2.24, 2.45) is 0 Å². The Morgan fingerprint density at radius 1 is 1.32 bits per heavy atom. The van der Waals surface area contributed by atoms with Gasteiger partial charge in [0.2, 0.25) is 0 Å². The average molecular weight is 344 g/mol. The van der Waals surface area contributed by atoms with Crippen LogP contribution in [0.25, 0.3) is 0 Å². The molecule has 1 aliphatic carbocycles. The monoisotopic (exact) mass is 343 g/mol. The Hall–Kier alpha value is -0.590. The molecule has 3 rings (SSSR count). The van der Waals surface area contributed by atoms with E-state index in [4.69, 9.17) is 0 Å². The molecule has 0 atom stereocenters. The Labute approximate surface area is 125 Å². The van der Waals surface area contributed by atoms with Crippen molar-refractivity contribution in [2.75, 3.05) is 26.2 Å². The maximum atomic E-state index is 11.9. The lowest BCUT2D eigenvalue weighted by atomic mass is 10.3. The van der Waals surface area contributed by atoms with Crippen LogP contribution in [0.15, 0.2) is 15.9 Å². The summed E-state index contributed by atoms with van der Waals surface area (Å²) in [4.78, 5) is 17.6. The third-order valence-electron chi connectivity index (χ3n) is 3.57. The number of hydrogen-bond donors (Lipinski definition) is 1. The van der Waals surface area contributed by atoms with Gasteiger partial charge in [0, 0.05) is 43.6 Å². The number of carbonyl (C=O) groups excluding carboxylic acids is 1. The SMILES string of the molecule is O=C(NC1CC1)N1CCN(Cc2ccc(Br)s2)CC1. The van der Waals surface area contributed by atoms with Gasteiger partial charge in [-0.3, -0.25) is 4.90 Å². The summed E-state index contributed by atoms with van der Waals surface area (Å²) in [7, 11) is 0. The molecule has 1 saturated carbocycles. The van der Waals surface area contributed by atoms with Crippen LogP contribution in [-0.2, 0) is 6.54 Å². The van der Waals surface area contributed by atoms with Crippen molar-refractivity contribution in [1.82, 2.24) is 15.1 Å². The number of carbonyl (C=O) groups is 1. The molecule has 1 aliphatic heterocycles. The number of piperazine rings is 1. The van der Waals surface area contributed by atoms with E-state index in [-0.39, 0.29) is 6.03 Å². The minimum absolute atomic E-state index is 0.126. The summed E-state index contributed by atoms with van der Waals surface area (Å²) >= 11 is 5.28. The van der Waals surface area contributed by atoms with Gasteiger partial charge in [-0.2, -0.15) is 0 Å². The van der Waals surface area contributed by atoms with E-state index in [1.54, 1.807) is 11.3 Å². The molecule has 0 aromatic carbocycles. The number of nitrogens with one attached hydrogen (secondary N) is 1. The molecule has 0 radical (unpaired) electrons. The van der Waals surface area contributed by atoms with Crippen LogP contribution < -0.4 is 5.32 Å². The highest BCUT2D eigenvalue weighted by molar-refractivity contribution is 9.11. The van der Waals surface area contributed by atoms with Crippen molar-refractivity contribution < 1.29 is 4.79 Å². The first-order valence-corrected chi connectivity index (χ1v) is 8.34. The summed E-state index contributed by atoms with van der Waals surface area (Å²) < 4.78 is 1.19. The lowest BCUT2D eigenvalue weighted by Crippen LogP contribution is -2.51. The van der Waals surface area contributed by atoms with Crippen molar-refractivity contribution in [3.05, 3.63) is 20.8 Å². The summed E-state index contributed by atoms with van der Waals surface area (Å²) in [5.41, 5.74) is 0. The number of halogens is 1. The highest BCUT2D eigenvalue weighted by Gasteiger charge is 2.27. The van der Waals surface area contributed by atoms with Gasteiger partial charge in [0.25, 0.3) is 0 Å². The molecule has 2 aliphatic rings. The third kappa shape index (κ3) is 3.70. The standard InChI is InChI=1S/C13H18BrN3OS/c14-12-4-3-11(19-12)9-16-5-7-17(8-6-16)13(18)15-10-1-2-10/h3-4,10H,1-2,5-9H2,(H,15,18). The number of nitrogens with zero attached hydrogens (tertiary/aromatic N) is 2. The Kier molecular flexibility index (Phi) is 4.10. The molecular weight excluding hydrogens is 326 g/mol. The van der Waals surface area contributed by atoms with Crippen molar-refractivity contribution in [2.45, 2.75) is 25.4 Å². The first-order valence-electron chi connectivity index (χ1n) is 6.73. The molecule has 1 aromatic heterocycles. The topological polar surface area (TPSA) is 35.6 Å². The van der Waals surface area contributed by atoms with Gasteiger partial charge in [0.1, 0.15) is 0 Å². The van der Waals surface area contributed by atoms with Gasteiger partial charge in [0.05, 0.1) is 3.79 Å². The maximum Gasteiger partial charge on any atom is 0.317 e. The molecule has 2 amide bonds. The molecule has 104 valence electrons. The second kappa shape index (κ2) is 5.81. The van der Waals surface area contributed by atoms with E-state index in [1.165, 1.54) is 8.66 Å². The van der Waals surface area contributed by atoms with Crippen LogP contribution in [0.4, 0.5) is 4.79 Å². The van der Waals surface area contributed by atoms with Gasteiger partial charge in [-0.15, -0.1) is 11.3 Å². The van der Waals surface area contributed by atoms with Gasteiger partial charge in [-0.1, -0.05) is 0 Å². The van der Waals surface area contributed by atoms with Gasteiger partial charge in [0.15, 0.2) is 0 Å². The number of thiophene rings is 1. The number of amides is 2. The van der Waals surface area contributed by atoms with Crippen LogP contribution in [0.1, 0.15) is 17.7 Å². The van der Waals surface area contributed by atoms with E-state index in [1.807, 2.05) is 4.90 Å². The van der Waals surface area contributed by atoms with Crippen LogP contribution in [0, 0.1) is 0 Å². The predicted octanol–water partition coefficient (Wildman–Crippen LogP) is 2.50. The number of urea groups is 1. The Morgan fingerprint density at radius 2 is 2.05 bits per heavy atom. The fourth-order valence-corrected chi connectivity index (χ4v) is 3.79. The van der Waals surface area contributed by atoms with Crippen molar-refractivity contribution in [3.8, 4) is 0 Å². The molecule has 1 N–H and O–H groups in total. The fourth-order valence-electron chi connectivity index (χ4n) is 2.26. The summed E-state index contributed by atoms with van der Waals surface area (Å²) in [6, 6.07) is 4.84. The van der Waals surface area contributed by atoms with Crippen LogP contribution in [0.2, 0.25) is 0 Å². The van der Waals surface area contributed by atoms with E-state index in [2.05, 4.69) is 38.3 Å². The van der Waals surface area contributed by atoms with E-state index in [0.29, 0.717) is 6.04 Å². The second-order valence-corrected chi connectivity index (χ2v) is 7.74. The lowest BCUT2D eigenvalue weighted by Gasteiger charge is -2.34. The zero-order valence-electron chi connectivity index (χ0n) is 10.8. The summed E-state index contributed by atoms with van der Waals surface area (Å²) in [6.07, 6.45) is 2.30. The molecule has 2 heterocycles. The highest BCUT2D eigenvalue weighted by Crippen LogP contribution is 2.24. The van der Waals surface area contributed by atoms with Crippen molar-refractivity contribution >= 4 is 33.3 Å². The zero-order chi connectivity index (χ0) is 13.2. The molecule has 0 bridgehead atoms. The Balaban J connectivity index is 1.44. The predicted molar refractivity (Wildman–Crippen MR) is 80.4 cm³/mol. The Bertz CT molecular complexity index is 452. The van der Waals surface area contributed by atoms with Gasteiger partial charge < -0.3 is 10.2 Å². The highest BCUT2D eigenvalue weighted by atomic mass is 79.9. The van der Waals surface area contributed by atoms with Gasteiger partial charge in [-0.05, 0) is 40.9 Å². The number of hydrogen-bond acceptors (Lipinski definition) is 3. The van der Waals surface area contributed by atoms with Gasteiger partial charge >= 0.3 is 6.03 Å². The lowest BCUT2D eigenvalue weighted by molar-refractivity contribution is 0.135. The van der Waals surface area contributed by atoms with Crippen LogP contribution in [-0.4, -0.2) is 48.1 Å². The van der Waals surface area contributed by atoms with Crippen molar-refractivity contribution in [3.63, 3.8) is 0 Å². The average Bonchev–Trinajstić information content (AvgIpc) is 3.12. The molecule has 1 aromatic rings. The van der Waals surface area contributed by atoms with E-state index < -0.39 is 0 Å².